The van der Waals surface area contributed by atoms with Gasteiger partial charge in [0.05, 0.1) is 23.2 Å². The quantitative estimate of drug-likeness (QED) is 0.622. The largest absolute Gasteiger partial charge is 0.490 e. The molecule has 0 fully saturated rings. The number of H-pyrrole nitrogens is 1. The number of carbonyl (C=O) groups is 1. The lowest BCUT2D eigenvalue weighted by Crippen LogP contribution is -2.10. The third-order valence-corrected chi connectivity index (χ3v) is 3.69. The highest BCUT2D eigenvalue weighted by atomic mass is 16.5. The number of benzene rings is 2. The second-order valence-electron chi connectivity index (χ2n) is 5.59. The first-order chi connectivity index (χ1) is 13.1. The van der Waals surface area contributed by atoms with Gasteiger partial charge in [0.15, 0.2) is 18.1 Å². The lowest BCUT2D eigenvalue weighted by atomic mass is 10.1. The molecule has 3 aromatic rings. The zero-order valence-electron chi connectivity index (χ0n) is 14.6. The Morgan fingerprint density at radius 3 is 2.78 bits per heavy atom. The van der Waals surface area contributed by atoms with Gasteiger partial charge in [-0.1, -0.05) is 18.2 Å². The van der Waals surface area contributed by atoms with Crippen LogP contribution in [0.15, 0.2) is 42.5 Å². The highest BCUT2D eigenvalue weighted by Crippen LogP contribution is 2.30. The molecular formula is C20H17N3O4. The molecule has 0 saturated heterocycles. The summed E-state index contributed by atoms with van der Waals surface area (Å²) >= 11 is 0. The number of nitrogens with zero attached hydrogens (tertiary/aromatic N) is 2. The molecule has 7 nitrogen and oxygen atoms in total. The Bertz CT molecular complexity index is 1010. The molecule has 0 radical (unpaired) electrons. The second kappa shape index (κ2) is 8.06. The summed E-state index contributed by atoms with van der Waals surface area (Å²) in [5.41, 5.74) is 2.70. The van der Waals surface area contributed by atoms with Gasteiger partial charge in [-0.2, -0.15) is 5.26 Å². The molecule has 1 aromatic heterocycles. The number of aliphatic carboxylic acids is 1. The highest BCUT2D eigenvalue weighted by Gasteiger charge is 2.11. The van der Waals surface area contributed by atoms with Crippen molar-refractivity contribution in [1.82, 2.24) is 9.97 Å². The van der Waals surface area contributed by atoms with E-state index in [0.29, 0.717) is 35.1 Å². The number of rotatable bonds is 7. The topological polar surface area (TPSA) is 108 Å². The predicted molar refractivity (Wildman–Crippen MR) is 100 cm³/mol. The summed E-state index contributed by atoms with van der Waals surface area (Å²) in [5, 5.41) is 18.3. The summed E-state index contributed by atoms with van der Waals surface area (Å²) in [6, 6.07) is 14.7. The summed E-state index contributed by atoms with van der Waals surface area (Å²) in [4.78, 5) is 18.3. The normalized spacial score (nSPS) is 11.2. The fourth-order valence-electron chi connectivity index (χ4n) is 2.54. The smallest absolute Gasteiger partial charge is 0.341 e. The molecule has 136 valence electrons. The number of aromatic amines is 1. The van der Waals surface area contributed by atoms with Crippen LogP contribution < -0.4 is 9.47 Å². The number of carboxylic acids is 1. The van der Waals surface area contributed by atoms with E-state index in [1.165, 1.54) is 0 Å². The minimum absolute atomic E-state index is 0.332. The van der Waals surface area contributed by atoms with Gasteiger partial charge in [-0.15, -0.1) is 0 Å². The van der Waals surface area contributed by atoms with E-state index in [-0.39, 0.29) is 0 Å². The maximum atomic E-state index is 10.7. The van der Waals surface area contributed by atoms with E-state index in [9.17, 15) is 10.1 Å². The fraction of sp³-hybridized carbons (Fsp3) is 0.150. The van der Waals surface area contributed by atoms with Crippen molar-refractivity contribution in [3.63, 3.8) is 0 Å². The molecule has 0 saturated carbocycles. The molecule has 0 amide bonds. The van der Waals surface area contributed by atoms with Gasteiger partial charge in [0.2, 0.25) is 0 Å². The Kier molecular flexibility index (Phi) is 5.38. The number of imidazole rings is 1. The summed E-state index contributed by atoms with van der Waals surface area (Å²) in [6.07, 6.45) is 1.68. The van der Waals surface area contributed by atoms with E-state index in [0.717, 1.165) is 11.0 Å². The number of hydrogen-bond acceptors (Lipinski definition) is 5. The third-order valence-electron chi connectivity index (χ3n) is 3.69. The molecule has 0 aliphatic heterocycles. The van der Waals surface area contributed by atoms with Gasteiger partial charge in [-0.25, -0.2) is 9.78 Å². The van der Waals surface area contributed by atoms with Crippen molar-refractivity contribution in [1.29, 1.82) is 5.26 Å². The second-order valence-corrected chi connectivity index (χ2v) is 5.59. The van der Waals surface area contributed by atoms with Crippen LogP contribution in [0.25, 0.3) is 22.7 Å². The molecule has 0 unspecified atom stereocenters. The Hall–Kier alpha value is -3.79. The average Bonchev–Trinajstić information content (AvgIpc) is 3.09. The lowest BCUT2D eigenvalue weighted by molar-refractivity contribution is -0.139. The SMILES string of the molecule is CCOc1cc(/C=C(\C#N)c2nc3ccccc3[nH]2)ccc1OCC(=O)O. The first-order valence-corrected chi connectivity index (χ1v) is 8.29. The summed E-state index contributed by atoms with van der Waals surface area (Å²) < 4.78 is 10.8. The van der Waals surface area contributed by atoms with Crippen molar-refractivity contribution < 1.29 is 19.4 Å². The standard InChI is InChI=1S/C20H17N3O4/c1-2-26-18-10-13(7-8-17(18)27-12-19(24)25)9-14(11-21)20-22-15-5-3-4-6-16(15)23-20/h3-10H,2,12H2,1H3,(H,22,23)(H,24,25)/b14-9+. The Labute approximate surface area is 155 Å². The number of allylic oxidation sites excluding steroid dienone is 1. The van der Waals surface area contributed by atoms with Crippen LogP contribution in [-0.2, 0) is 4.79 Å². The average molecular weight is 363 g/mol. The zero-order chi connectivity index (χ0) is 19.2. The molecule has 2 aromatic carbocycles. The number of carboxylic acid groups (broad SMARTS) is 1. The lowest BCUT2D eigenvalue weighted by Gasteiger charge is -2.11. The fourth-order valence-corrected chi connectivity index (χ4v) is 2.54. The summed E-state index contributed by atoms with van der Waals surface area (Å²) in [7, 11) is 0. The van der Waals surface area contributed by atoms with Crippen molar-refractivity contribution in [2.75, 3.05) is 13.2 Å². The van der Waals surface area contributed by atoms with Crippen molar-refractivity contribution in [3.8, 4) is 17.6 Å². The van der Waals surface area contributed by atoms with Gasteiger partial charge >= 0.3 is 5.97 Å². The molecule has 0 atom stereocenters. The zero-order valence-corrected chi connectivity index (χ0v) is 14.6. The van der Waals surface area contributed by atoms with Crippen LogP contribution in [0.4, 0.5) is 0 Å². The van der Waals surface area contributed by atoms with E-state index < -0.39 is 12.6 Å². The van der Waals surface area contributed by atoms with E-state index in [1.807, 2.05) is 31.2 Å². The number of para-hydroxylation sites is 2. The van der Waals surface area contributed by atoms with E-state index in [1.54, 1.807) is 24.3 Å². The number of aromatic nitrogens is 2. The number of nitrogens with one attached hydrogen (secondary N) is 1. The number of hydrogen-bond donors (Lipinski definition) is 2. The molecule has 1 heterocycles. The maximum Gasteiger partial charge on any atom is 0.341 e. The van der Waals surface area contributed by atoms with Gasteiger partial charge in [-0.05, 0) is 42.8 Å². The molecule has 2 N–H and O–H groups in total. The van der Waals surface area contributed by atoms with Crippen molar-refractivity contribution in [2.45, 2.75) is 6.92 Å². The van der Waals surface area contributed by atoms with E-state index >= 15 is 0 Å². The van der Waals surface area contributed by atoms with E-state index in [2.05, 4.69) is 16.0 Å². The molecule has 0 spiro atoms. The van der Waals surface area contributed by atoms with Gasteiger partial charge in [-0.3, -0.25) is 0 Å². The minimum atomic E-state index is -1.07. The third kappa shape index (κ3) is 4.25. The first-order valence-electron chi connectivity index (χ1n) is 8.29. The van der Waals surface area contributed by atoms with Crippen LogP contribution in [0, 0.1) is 11.3 Å². The first kappa shape index (κ1) is 18.0. The minimum Gasteiger partial charge on any atom is -0.490 e. The Morgan fingerprint density at radius 2 is 2.07 bits per heavy atom. The van der Waals surface area contributed by atoms with Gasteiger partial charge in [0.25, 0.3) is 0 Å². The van der Waals surface area contributed by atoms with Crippen LogP contribution in [0.3, 0.4) is 0 Å². The van der Waals surface area contributed by atoms with Crippen molar-refractivity contribution in [3.05, 3.63) is 53.9 Å². The van der Waals surface area contributed by atoms with E-state index in [4.69, 9.17) is 14.6 Å². The van der Waals surface area contributed by atoms with Crippen LogP contribution in [0.1, 0.15) is 18.3 Å². The van der Waals surface area contributed by atoms with Crippen LogP contribution >= 0.6 is 0 Å². The Balaban J connectivity index is 1.94. The number of nitriles is 1. The molecule has 7 heteroatoms. The van der Waals surface area contributed by atoms with Gasteiger partial charge < -0.3 is 19.6 Å². The number of ether oxygens (including phenoxy) is 2. The molecule has 27 heavy (non-hydrogen) atoms. The van der Waals surface area contributed by atoms with Gasteiger partial charge in [0, 0.05) is 0 Å². The highest BCUT2D eigenvalue weighted by molar-refractivity contribution is 5.90. The summed E-state index contributed by atoms with van der Waals surface area (Å²) in [5.74, 6) is 0.147. The van der Waals surface area contributed by atoms with Crippen LogP contribution in [-0.4, -0.2) is 34.3 Å². The monoisotopic (exact) mass is 363 g/mol. The van der Waals surface area contributed by atoms with Crippen molar-refractivity contribution in [2.24, 2.45) is 0 Å². The molecule has 3 rings (SSSR count). The number of fused-ring (bicyclic) bond motifs is 1. The predicted octanol–water partition coefficient (Wildman–Crippen LogP) is 3.49. The van der Waals surface area contributed by atoms with Crippen molar-refractivity contribution >= 4 is 28.7 Å². The molecule has 0 bridgehead atoms. The van der Waals surface area contributed by atoms with Crippen LogP contribution in [0.2, 0.25) is 0 Å². The van der Waals surface area contributed by atoms with Gasteiger partial charge in [0.1, 0.15) is 11.9 Å². The summed E-state index contributed by atoms with van der Waals surface area (Å²) in [6.45, 7) is 1.75. The molecule has 0 aliphatic rings. The Morgan fingerprint density at radius 1 is 1.26 bits per heavy atom. The van der Waals surface area contributed by atoms with Crippen LogP contribution in [0.5, 0.6) is 11.5 Å². The molecular weight excluding hydrogens is 346 g/mol. The maximum absolute atomic E-state index is 10.7. The molecule has 0 aliphatic carbocycles.